The van der Waals surface area contributed by atoms with E-state index in [0.717, 1.165) is 0 Å². The molecule has 2 aromatic rings. The summed E-state index contributed by atoms with van der Waals surface area (Å²) in [4.78, 5) is 0. The molecule has 3 rings (SSSR count). The van der Waals surface area contributed by atoms with Crippen LogP contribution in [0.2, 0.25) is 0 Å². The number of hydrogen-bond acceptors (Lipinski definition) is 2. The molecule has 129 valence electrons. The predicted molar refractivity (Wildman–Crippen MR) is 89.7 cm³/mol. The summed E-state index contributed by atoms with van der Waals surface area (Å²) in [7, 11) is 0. The zero-order chi connectivity index (χ0) is 18.0. The van der Waals surface area contributed by atoms with Gasteiger partial charge >= 0.3 is 156 Å². The number of allylic oxidation sites excluding steroid dienone is 4. The first-order valence-electron chi connectivity index (χ1n) is 8.07. The van der Waals surface area contributed by atoms with Crippen LogP contribution < -0.4 is 5.63 Å². The Morgan fingerprint density at radius 1 is 0.800 bits per heavy atom. The van der Waals surface area contributed by atoms with Crippen molar-refractivity contribution in [2.75, 3.05) is 0 Å². The molecule has 1 aliphatic carbocycles. The van der Waals surface area contributed by atoms with Gasteiger partial charge in [0.1, 0.15) is 0 Å². The van der Waals surface area contributed by atoms with Gasteiger partial charge in [0.15, 0.2) is 0 Å². The summed E-state index contributed by atoms with van der Waals surface area (Å²) in [6.45, 7) is 6.29. The fourth-order valence-electron chi connectivity index (χ4n) is 2.80. The van der Waals surface area contributed by atoms with Gasteiger partial charge in [-0.25, -0.2) is 0 Å². The van der Waals surface area contributed by atoms with Crippen LogP contribution in [0.4, 0.5) is 8.78 Å². The second kappa shape index (κ2) is 7.65. The molecular formula is C20H19F2O2Zr. The fourth-order valence-corrected chi connectivity index (χ4v) is 7.56. The van der Waals surface area contributed by atoms with Gasteiger partial charge in [0.25, 0.3) is 0 Å². The van der Waals surface area contributed by atoms with Crippen LogP contribution in [0.15, 0.2) is 69.0 Å². The predicted octanol–water partition coefficient (Wildman–Crippen LogP) is 5.74. The molecule has 5 heteroatoms. The van der Waals surface area contributed by atoms with Crippen molar-refractivity contribution in [3.05, 3.63) is 80.7 Å². The molecule has 0 saturated carbocycles. The Labute approximate surface area is 155 Å². The van der Waals surface area contributed by atoms with Crippen molar-refractivity contribution in [1.29, 1.82) is 0 Å². The monoisotopic (exact) mass is 419 g/mol. The van der Waals surface area contributed by atoms with Crippen LogP contribution in [0.3, 0.4) is 0 Å². The fraction of sp³-hybridized carbons (Fsp3) is 0.200. The van der Waals surface area contributed by atoms with E-state index in [2.05, 4.69) is 26.8 Å². The summed E-state index contributed by atoms with van der Waals surface area (Å²) < 4.78 is 39.9. The quantitative estimate of drug-likeness (QED) is 0.614. The van der Waals surface area contributed by atoms with Gasteiger partial charge in [-0.2, -0.15) is 0 Å². The summed E-state index contributed by atoms with van der Waals surface area (Å²) in [5.74, 6) is 0.832. The Hall–Kier alpha value is -1.74. The molecule has 2 nitrogen and oxygen atoms in total. The molecule has 0 spiro atoms. The van der Waals surface area contributed by atoms with Gasteiger partial charge in [-0.15, -0.1) is 0 Å². The van der Waals surface area contributed by atoms with Gasteiger partial charge in [0, 0.05) is 0 Å². The van der Waals surface area contributed by atoms with E-state index in [-0.39, 0.29) is 17.6 Å². The Morgan fingerprint density at radius 3 is 1.60 bits per heavy atom. The number of benzene rings is 2. The van der Waals surface area contributed by atoms with E-state index in [1.54, 1.807) is 24.3 Å². The first-order chi connectivity index (χ1) is 11.9. The Morgan fingerprint density at radius 2 is 1.24 bits per heavy atom. The SMILES string of the molecule is CC1=CC(C)=[C]([Zr]([O]c2ccc(F)cc2)[O]c2ccc(F)cc2)C1C. The maximum absolute atomic E-state index is 13.2. The van der Waals surface area contributed by atoms with Crippen LogP contribution in [-0.2, 0) is 22.6 Å². The van der Waals surface area contributed by atoms with Crippen molar-refractivity contribution >= 4 is 0 Å². The van der Waals surface area contributed by atoms with E-state index < -0.39 is 22.6 Å². The van der Waals surface area contributed by atoms with Gasteiger partial charge in [-0.1, -0.05) is 0 Å². The average Bonchev–Trinajstić information content (AvgIpc) is 2.83. The van der Waals surface area contributed by atoms with Crippen molar-refractivity contribution in [3.63, 3.8) is 0 Å². The normalized spacial score (nSPS) is 16.7. The zero-order valence-corrected chi connectivity index (χ0v) is 16.8. The molecule has 0 N–H and O–H groups in total. The molecule has 1 unspecified atom stereocenters. The molecule has 0 aromatic heterocycles. The topological polar surface area (TPSA) is 18.5 Å². The van der Waals surface area contributed by atoms with Crippen LogP contribution in [-0.4, -0.2) is 0 Å². The first-order valence-corrected chi connectivity index (χ1v) is 11.3. The summed E-state index contributed by atoms with van der Waals surface area (Å²) in [6, 6.07) is 11.9. The summed E-state index contributed by atoms with van der Waals surface area (Å²) >= 11 is -3.03. The zero-order valence-electron chi connectivity index (χ0n) is 14.3. The van der Waals surface area contributed by atoms with E-state index in [4.69, 9.17) is 5.63 Å². The molecule has 0 saturated heterocycles. The van der Waals surface area contributed by atoms with Gasteiger partial charge < -0.3 is 0 Å². The van der Waals surface area contributed by atoms with Gasteiger partial charge in [0.05, 0.1) is 0 Å². The van der Waals surface area contributed by atoms with Gasteiger partial charge in [-0.3, -0.25) is 0 Å². The summed E-state index contributed by atoms with van der Waals surface area (Å²) in [5.41, 5.74) is 2.44. The van der Waals surface area contributed by atoms with Crippen molar-refractivity contribution in [2.24, 2.45) is 5.92 Å². The third-order valence-corrected chi connectivity index (χ3v) is 9.44. The maximum atomic E-state index is 13.2. The molecule has 1 aliphatic rings. The number of hydrogen-bond donors (Lipinski definition) is 0. The molecular weight excluding hydrogens is 401 g/mol. The second-order valence-electron chi connectivity index (χ2n) is 6.11. The second-order valence-corrected chi connectivity index (χ2v) is 9.85. The van der Waals surface area contributed by atoms with Crippen LogP contribution >= 0.6 is 0 Å². The standard InChI is InChI=1S/C8H11.2C6H5FO.Zr/c1-6-4-7(2)8(3)5-6;2*7-5-1-3-6(8)4-2-5;/h4,8H,1-3H3;2*1-4,8H;/q;;;+2/p-2. The summed E-state index contributed by atoms with van der Waals surface area (Å²) in [6.07, 6.45) is 2.16. The number of rotatable bonds is 5. The molecule has 0 aliphatic heterocycles. The van der Waals surface area contributed by atoms with Crippen LogP contribution in [0.25, 0.3) is 0 Å². The van der Waals surface area contributed by atoms with E-state index >= 15 is 0 Å². The molecule has 0 amide bonds. The van der Waals surface area contributed by atoms with Gasteiger partial charge in [0.2, 0.25) is 0 Å². The van der Waals surface area contributed by atoms with Crippen LogP contribution in [0.5, 0.6) is 11.5 Å². The molecule has 0 fully saturated rings. The third kappa shape index (κ3) is 4.27. The molecule has 0 heterocycles. The third-order valence-electron chi connectivity index (χ3n) is 4.25. The first kappa shape index (κ1) is 18.1. The number of halogens is 2. The molecule has 0 radical (unpaired) electrons. The van der Waals surface area contributed by atoms with Crippen molar-refractivity contribution < 1.29 is 37.0 Å². The molecule has 0 bridgehead atoms. The van der Waals surface area contributed by atoms with E-state index in [9.17, 15) is 8.78 Å². The molecule has 1 atom stereocenters. The Bertz CT molecular complexity index is 763. The van der Waals surface area contributed by atoms with Crippen LogP contribution in [0, 0.1) is 17.6 Å². The average molecular weight is 421 g/mol. The van der Waals surface area contributed by atoms with Gasteiger partial charge in [-0.05, 0) is 0 Å². The van der Waals surface area contributed by atoms with Crippen molar-refractivity contribution in [2.45, 2.75) is 20.8 Å². The Kier molecular flexibility index (Phi) is 5.53. The summed E-state index contributed by atoms with van der Waals surface area (Å²) in [5, 5.41) is 0. The molecule has 2 aromatic carbocycles. The van der Waals surface area contributed by atoms with Crippen molar-refractivity contribution in [3.8, 4) is 11.5 Å². The molecule has 25 heavy (non-hydrogen) atoms. The van der Waals surface area contributed by atoms with Crippen molar-refractivity contribution in [1.82, 2.24) is 0 Å². The van der Waals surface area contributed by atoms with E-state index in [1.807, 2.05) is 0 Å². The Balaban J connectivity index is 1.89. The van der Waals surface area contributed by atoms with E-state index in [0.29, 0.717) is 11.5 Å². The minimum absolute atomic E-state index is 0.260. The minimum atomic E-state index is -3.03. The van der Waals surface area contributed by atoms with E-state index in [1.165, 1.54) is 38.7 Å². The van der Waals surface area contributed by atoms with Crippen LogP contribution in [0.1, 0.15) is 20.8 Å².